The molecule has 0 aliphatic carbocycles. The second kappa shape index (κ2) is 7.36. The van der Waals surface area contributed by atoms with E-state index in [4.69, 9.17) is 21.4 Å². The van der Waals surface area contributed by atoms with E-state index in [9.17, 15) is 4.79 Å². The van der Waals surface area contributed by atoms with Crippen LogP contribution in [0, 0.1) is 0 Å². The van der Waals surface area contributed by atoms with E-state index in [2.05, 4.69) is 4.90 Å². The van der Waals surface area contributed by atoms with E-state index in [0.29, 0.717) is 18.1 Å². The Kier molecular flexibility index (Phi) is 6.12. The standard InChI is InChI=1S/C14H20ClNO3/c1-10(2)16(8-7-14(17)18)9-11-12(15)5-4-6-13(11)19-3/h4-6,10H,7-9H2,1-3H3,(H,17,18). The molecule has 0 unspecified atom stereocenters. The summed E-state index contributed by atoms with van der Waals surface area (Å²) in [4.78, 5) is 12.8. The zero-order chi connectivity index (χ0) is 14.4. The molecule has 4 nitrogen and oxygen atoms in total. The van der Waals surface area contributed by atoms with E-state index in [1.165, 1.54) is 0 Å². The first-order valence-corrected chi connectivity index (χ1v) is 6.60. The number of carboxylic acid groups (broad SMARTS) is 1. The largest absolute Gasteiger partial charge is 0.496 e. The molecule has 1 aromatic carbocycles. The van der Waals surface area contributed by atoms with Crippen LogP contribution in [0.4, 0.5) is 0 Å². The first-order valence-electron chi connectivity index (χ1n) is 6.23. The highest BCUT2D eigenvalue weighted by molar-refractivity contribution is 6.31. The van der Waals surface area contributed by atoms with E-state index in [1.54, 1.807) is 7.11 Å². The minimum absolute atomic E-state index is 0.116. The Bertz CT molecular complexity index is 435. The highest BCUT2D eigenvalue weighted by Gasteiger charge is 2.16. The molecule has 0 fully saturated rings. The summed E-state index contributed by atoms with van der Waals surface area (Å²) in [6.07, 6.45) is 0.116. The predicted octanol–water partition coefficient (Wildman–Crippen LogP) is 3.03. The molecule has 0 radical (unpaired) electrons. The summed E-state index contributed by atoms with van der Waals surface area (Å²) in [5.74, 6) is -0.0646. The van der Waals surface area contributed by atoms with Crippen LogP contribution in [0.2, 0.25) is 5.02 Å². The third-order valence-electron chi connectivity index (χ3n) is 3.00. The van der Waals surface area contributed by atoms with Gasteiger partial charge in [-0.15, -0.1) is 0 Å². The Hall–Kier alpha value is -1.26. The third-order valence-corrected chi connectivity index (χ3v) is 3.35. The fourth-order valence-corrected chi connectivity index (χ4v) is 2.07. The van der Waals surface area contributed by atoms with Crippen LogP contribution in [-0.2, 0) is 11.3 Å². The molecule has 0 heterocycles. The van der Waals surface area contributed by atoms with Crippen molar-refractivity contribution >= 4 is 17.6 Å². The van der Waals surface area contributed by atoms with Gasteiger partial charge in [-0.2, -0.15) is 0 Å². The molecule has 19 heavy (non-hydrogen) atoms. The smallest absolute Gasteiger partial charge is 0.304 e. The summed E-state index contributed by atoms with van der Waals surface area (Å²) in [7, 11) is 1.60. The SMILES string of the molecule is COc1cccc(Cl)c1CN(CCC(=O)O)C(C)C. The highest BCUT2D eigenvalue weighted by atomic mass is 35.5. The molecule has 0 spiro atoms. The minimum Gasteiger partial charge on any atom is -0.496 e. The number of aliphatic carboxylic acids is 1. The Morgan fingerprint density at radius 2 is 2.16 bits per heavy atom. The van der Waals surface area contributed by atoms with Gasteiger partial charge in [0.2, 0.25) is 0 Å². The average Bonchev–Trinajstić information content (AvgIpc) is 2.35. The topological polar surface area (TPSA) is 49.8 Å². The van der Waals surface area contributed by atoms with Crippen molar-refractivity contribution in [2.75, 3.05) is 13.7 Å². The lowest BCUT2D eigenvalue weighted by molar-refractivity contribution is -0.137. The van der Waals surface area contributed by atoms with Gasteiger partial charge in [0.25, 0.3) is 0 Å². The number of carboxylic acids is 1. The van der Waals surface area contributed by atoms with Crippen molar-refractivity contribution in [1.29, 1.82) is 0 Å². The summed E-state index contributed by atoms with van der Waals surface area (Å²) in [5, 5.41) is 9.43. The molecule has 0 aliphatic heterocycles. The zero-order valence-corrected chi connectivity index (χ0v) is 12.3. The summed E-state index contributed by atoms with van der Waals surface area (Å²) in [6.45, 7) is 5.13. The maximum absolute atomic E-state index is 10.7. The van der Waals surface area contributed by atoms with Crippen molar-refractivity contribution < 1.29 is 14.6 Å². The summed E-state index contributed by atoms with van der Waals surface area (Å²) < 4.78 is 5.30. The molecular weight excluding hydrogens is 266 g/mol. The van der Waals surface area contributed by atoms with Crippen molar-refractivity contribution in [3.8, 4) is 5.75 Å². The monoisotopic (exact) mass is 285 g/mol. The van der Waals surface area contributed by atoms with Gasteiger partial charge in [0.05, 0.1) is 13.5 Å². The number of carbonyl (C=O) groups is 1. The molecule has 0 aliphatic rings. The molecule has 1 aromatic rings. The van der Waals surface area contributed by atoms with Gasteiger partial charge in [-0.1, -0.05) is 17.7 Å². The number of methoxy groups -OCH3 is 1. The molecule has 0 saturated heterocycles. The van der Waals surface area contributed by atoms with Gasteiger partial charge in [-0.05, 0) is 26.0 Å². The zero-order valence-electron chi connectivity index (χ0n) is 11.5. The number of halogens is 1. The molecule has 0 bridgehead atoms. The van der Waals surface area contributed by atoms with Gasteiger partial charge < -0.3 is 9.84 Å². The summed E-state index contributed by atoms with van der Waals surface area (Å²) in [5.41, 5.74) is 0.894. The number of hydrogen-bond donors (Lipinski definition) is 1. The summed E-state index contributed by atoms with van der Waals surface area (Å²) >= 11 is 6.20. The molecule has 5 heteroatoms. The fourth-order valence-electron chi connectivity index (χ4n) is 1.85. The highest BCUT2D eigenvalue weighted by Crippen LogP contribution is 2.28. The van der Waals surface area contributed by atoms with E-state index >= 15 is 0 Å². The Morgan fingerprint density at radius 3 is 2.68 bits per heavy atom. The molecule has 0 amide bonds. The van der Waals surface area contributed by atoms with Crippen LogP contribution in [0.25, 0.3) is 0 Å². The van der Waals surface area contributed by atoms with Crippen LogP contribution >= 0.6 is 11.6 Å². The third kappa shape index (κ3) is 4.73. The van der Waals surface area contributed by atoms with E-state index < -0.39 is 5.97 Å². The van der Waals surface area contributed by atoms with Crippen LogP contribution in [0.5, 0.6) is 5.75 Å². The first kappa shape index (κ1) is 15.8. The number of benzene rings is 1. The van der Waals surface area contributed by atoms with Crippen LogP contribution in [0.15, 0.2) is 18.2 Å². The molecule has 1 N–H and O–H groups in total. The fraction of sp³-hybridized carbons (Fsp3) is 0.500. The van der Waals surface area contributed by atoms with Crippen LogP contribution in [0.3, 0.4) is 0 Å². The molecule has 1 rings (SSSR count). The molecule has 106 valence electrons. The lowest BCUT2D eigenvalue weighted by Crippen LogP contribution is -2.32. The van der Waals surface area contributed by atoms with Gasteiger partial charge >= 0.3 is 5.97 Å². The number of ether oxygens (including phenoxy) is 1. The maximum Gasteiger partial charge on any atom is 0.304 e. The number of hydrogen-bond acceptors (Lipinski definition) is 3. The second-order valence-corrected chi connectivity index (χ2v) is 5.04. The maximum atomic E-state index is 10.7. The van der Waals surface area contributed by atoms with Gasteiger partial charge in [-0.25, -0.2) is 0 Å². The van der Waals surface area contributed by atoms with Crippen LogP contribution < -0.4 is 4.74 Å². The number of rotatable bonds is 7. The van der Waals surface area contributed by atoms with Gasteiger partial charge in [-0.3, -0.25) is 9.69 Å². The van der Waals surface area contributed by atoms with E-state index in [-0.39, 0.29) is 12.5 Å². The van der Waals surface area contributed by atoms with Crippen LogP contribution in [0.1, 0.15) is 25.8 Å². The van der Waals surface area contributed by atoms with Gasteiger partial charge in [0.15, 0.2) is 0 Å². The van der Waals surface area contributed by atoms with E-state index in [1.807, 2.05) is 32.0 Å². The molecule has 0 saturated carbocycles. The van der Waals surface area contributed by atoms with Crippen molar-refractivity contribution in [2.45, 2.75) is 32.9 Å². The van der Waals surface area contributed by atoms with Crippen molar-refractivity contribution in [2.24, 2.45) is 0 Å². The van der Waals surface area contributed by atoms with Gasteiger partial charge in [0, 0.05) is 29.7 Å². The predicted molar refractivity (Wildman–Crippen MR) is 75.8 cm³/mol. The quantitative estimate of drug-likeness (QED) is 0.836. The average molecular weight is 286 g/mol. The minimum atomic E-state index is -0.795. The van der Waals surface area contributed by atoms with Crippen molar-refractivity contribution in [3.63, 3.8) is 0 Å². The second-order valence-electron chi connectivity index (χ2n) is 4.63. The lowest BCUT2D eigenvalue weighted by atomic mass is 10.1. The normalized spacial score (nSPS) is 11.1. The Balaban J connectivity index is 2.87. The van der Waals surface area contributed by atoms with Crippen molar-refractivity contribution in [1.82, 2.24) is 4.90 Å². The Labute approximate surface area is 118 Å². The first-order chi connectivity index (χ1) is 8.95. The van der Waals surface area contributed by atoms with E-state index in [0.717, 1.165) is 11.3 Å². The van der Waals surface area contributed by atoms with Gasteiger partial charge in [0.1, 0.15) is 5.75 Å². The summed E-state index contributed by atoms with van der Waals surface area (Å²) in [6, 6.07) is 5.74. The molecule has 0 aromatic heterocycles. The van der Waals surface area contributed by atoms with Crippen molar-refractivity contribution in [3.05, 3.63) is 28.8 Å². The Morgan fingerprint density at radius 1 is 1.47 bits per heavy atom. The lowest BCUT2D eigenvalue weighted by Gasteiger charge is -2.27. The number of nitrogens with zero attached hydrogens (tertiary/aromatic N) is 1. The molecular formula is C14H20ClNO3. The molecule has 0 atom stereocenters. The van der Waals surface area contributed by atoms with Crippen LogP contribution in [-0.4, -0.2) is 35.7 Å².